The molecule has 0 bridgehead atoms. The van der Waals surface area contributed by atoms with Gasteiger partial charge >= 0.3 is 0 Å². The molecule has 0 atom stereocenters. The number of para-hydroxylation sites is 2. The van der Waals surface area contributed by atoms with Crippen molar-refractivity contribution in [2.45, 2.75) is 0 Å². The van der Waals surface area contributed by atoms with E-state index in [-0.39, 0.29) is 5.75 Å². The number of phenols is 1. The van der Waals surface area contributed by atoms with Crippen molar-refractivity contribution in [1.29, 1.82) is 0 Å². The van der Waals surface area contributed by atoms with Gasteiger partial charge < -0.3 is 5.11 Å². The molecule has 4 rings (SSSR count). The van der Waals surface area contributed by atoms with Gasteiger partial charge in [-0.15, -0.1) is 0 Å². The quantitative estimate of drug-likeness (QED) is 0.613. The Hall–Kier alpha value is -3.40. The number of aromatic hydroxyl groups is 1. The standard InChI is InChI=1S/C20H15N3O/c24-20-11-5-4-10-17(20)18-13-19(15-7-6-12-21-14-15)23(22-18)16-8-2-1-3-9-16/h1-14,24H. The molecule has 0 spiro atoms. The zero-order valence-electron chi connectivity index (χ0n) is 12.9. The third kappa shape index (κ3) is 2.54. The maximum atomic E-state index is 10.1. The predicted molar refractivity (Wildman–Crippen MR) is 93.9 cm³/mol. The zero-order chi connectivity index (χ0) is 16.4. The second-order valence-electron chi connectivity index (χ2n) is 5.42. The van der Waals surface area contributed by atoms with Gasteiger partial charge in [-0.1, -0.05) is 30.3 Å². The molecule has 0 aliphatic heterocycles. The zero-order valence-corrected chi connectivity index (χ0v) is 12.9. The number of aromatic nitrogens is 3. The number of hydrogen-bond acceptors (Lipinski definition) is 3. The number of rotatable bonds is 3. The van der Waals surface area contributed by atoms with E-state index in [9.17, 15) is 5.11 Å². The molecule has 4 nitrogen and oxygen atoms in total. The van der Waals surface area contributed by atoms with Crippen molar-refractivity contribution in [3.05, 3.63) is 85.2 Å². The highest BCUT2D eigenvalue weighted by atomic mass is 16.3. The van der Waals surface area contributed by atoms with E-state index in [1.807, 2.05) is 71.5 Å². The van der Waals surface area contributed by atoms with Gasteiger partial charge in [-0.2, -0.15) is 5.10 Å². The first-order valence-electron chi connectivity index (χ1n) is 7.67. The SMILES string of the molecule is Oc1ccccc1-c1cc(-c2cccnc2)n(-c2ccccc2)n1. The summed E-state index contributed by atoms with van der Waals surface area (Å²) in [5.41, 5.74) is 4.27. The van der Waals surface area contributed by atoms with E-state index in [0.29, 0.717) is 5.56 Å². The van der Waals surface area contributed by atoms with E-state index in [0.717, 1.165) is 22.6 Å². The minimum atomic E-state index is 0.216. The molecular weight excluding hydrogens is 298 g/mol. The van der Waals surface area contributed by atoms with Crippen LogP contribution in [0.3, 0.4) is 0 Å². The maximum absolute atomic E-state index is 10.1. The van der Waals surface area contributed by atoms with E-state index in [4.69, 9.17) is 5.10 Å². The summed E-state index contributed by atoms with van der Waals surface area (Å²) in [5.74, 6) is 0.216. The lowest BCUT2D eigenvalue weighted by Gasteiger charge is -2.06. The Labute approximate surface area is 139 Å². The number of hydrogen-bond donors (Lipinski definition) is 1. The van der Waals surface area contributed by atoms with Gasteiger partial charge in [-0.05, 0) is 42.5 Å². The highest BCUT2D eigenvalue weighted by molar-refractivity contribution is 5.73. The summed E-state index contributed by atoms with van der Waals surface area (Å²) in [6.07, 6.45) is 3.56. The predicted octanol–water partition coefficient (Wildman–Crippen LogP) is 4.31. The first-order valence-corrected chi connectivity index (χ1v) is 7.67. The summed E-state index contributed by atoms with van der Waals surface area (Å²) in [7, 11) is 0. The van der Waals surface area contributed by atoms with E-state index in [1.165, 1.54) is 0 Å². The molecule has 0 saturated carbocycles. The molecule has 24 heavy (non-hydrogen) atoms. The number of nitrogens with zero attached hydrogens (tertiary/aromatic N) is 3. The fourth-order valence-corrected chi connectivity index (χ4v) is 2.69. The van der Waals surface area contributed by atoms with E-state index < -0.39 is 0 Å². The molecule has 0 saturated heterocycles. The Balaban J connectivity index is 1.94. The van der Waals surface area contributed by atoms with Gasteiger partial charge in [0, 0.05) is 23.5 Å². The van der Waals surface area contributed by atoms with Gasteiger partial charge in [0.05, 0.1) is 17.1 Å². The lowest BCUT2D eigenvalue weighted by atomic mass is 10.1. The number of phenolic OH excluding ortho intramolecular Hbond substituents is 1. The van der Waals surface area contributed by atoms with Crippen LogP contribution < -0.4 is 0 Å². The minimum absolute atomic E-state index is 0.216. The maximum Gasteiger partial charge on any atom is 0.125 e. The molecule has 0 amide bonds. The van der Waals surface area contributed by atoms with Crippen LogP contribution in [0.4, 0.5) is 0 Å². The van der Waals surface area contributed by atoms with Crippen LogP contribution in [0.5, 0.6) is 5.75 Å². The first-order chi connectivity index (χ1) is 11.8. The average Bonchev–Trinajstić information content (AvgIpc) is 3.09. The highest BCUT2D eigenvalue weighted by Crippen LogP contribution is 2.32. The summed E-state index contributed by atoms with van der Waals surface area (Å²) >= 11 is 0. The van der Waals surface area contributed by atoms with Gasteiger partial charge in [-0.3, -0.25) is 4.98 Å². The molecular formula is C20H15N3O. The van der Waals surface area contributed by atoms with Crippen molar-refractivity contribution in [3.8, 4) is 34.0 Å². The van der Waals surface area contributed by atoms with E-state index >= 15 is 0 Å². The summed E-state index contributed by atoms with van der Waals surface area (Å²) < 4.78 is 1.87. The van der Waals surface area contributed by atoms with Crippen LogP contribution in [-0.2, 0) is 0 Å². The van der Waals surface area contributed by atoms with Crippen molar-refractivity contribution in [1.82, 2.24) is 14.8 Å². The third-order valence-corrected chi connectivity index (χ3v) is 3.85. The van der Waals surface area contributed by atoms with Crippen LogP contribution >= 0.6 is 0 Å². The normalized spacial score (nSPS) is 10.7. The molecule has 0 aliphatic rings. The van der Waals surface area contributed by atoms with Crippen LogP contribution in [0, 0.1) is 0 Å². The van der Waals surface area contributed by atoms with Gasteiger partial charge in [0.1, 0.15) is 5.75 Å². The topological polar surface area (TPSA) is 50.9 Å². The number of benzene rings is 2. The van der Waals surface area contributed by atoms with Crippen molar-refractivity contribution in [3.63, 3.8) is 0 Å². The molecule has 0 radical (unpaired) electrons. The summed E-state index contributed by atoms with van der Waals surface area (Å²) in [6, 6.07) is 23.0. The molecule has 2 heterocycles. The lowest BCUT2D eigenvalue weighted by molar-refractivity contribution is 0.477. The van der Waals surface area contributed by atoms with Gasteiger partial charge in [0.2, 0.25) is 0 Å². The molecule has 4 aromatic rings. The largest absolute Gasteiger partial charge is 0.507 e. The molecule has 0 fully saturated rings. The summed E-state index contributed by atoms with van der Waals surface area (Å²) in [4.78, 5) is 4.20. The second-order valence-corrected chi connectivity index (χ2v) is 5.42. The minimum Gasteiger partial charge on any atom is -0.507 e. The van der Waals surface area contributed by atoms with Gasteiger partial charge in [-0.25, -0.2) is 4.68 Å². The second kappa shape index (κ2) is 6.01. The fraction of sp³-hybridized carbons (Fsp3) is 0. The van der Waals surface area contributed by atoms with Crippen LogP contribution in [0.25, 0.3) is 28.2 Å². The smallest absolute Gasteiger partial charge is 0.125 e. The van der Waals surface area contributed by atoms with Crippen LogP contribution in [0.2, 0.25) is 0 Å². The van der Waals surface area contributed by atoms with Crippen LogP contribution in [0.15, 0.2) is 85.2 Å². The van der Waals surface area contributed by atoms with Gasteiger partial charge in [0.25, 0.3) is 0 Å². The van der Waals surface area contributed by atoms with Crippen LogP contribution in [0.1, 0.15) is 0 Å². The number of pyridine rings is 1. The molecule has 0 unspecified atom stereocenters. The molecule has 1 N–H and O–H groups in total. The van der Waals surface area contributed by atoms with Gasteiger partial charge in [0.15, 0.2) is 0 Å². The Kier molecular flexibility index (Phi) is 3.56. The van der Waals surface area contributed by atoms with Crippen molar-refractivity contribution < 1.29 is 5.11 Å². The molecule has 116 valence electrons. The summed E-state index contributed by atoms with van der Waals surface area (Å²) in [5, 5.41) is 14.9. The molecule has 4 heteroatoms. The molecule has 2 aromatic heterocycles. The monoisotopic (exact) mass is 313 g/mol. The third-order valence-electron chi connectivity index (χ3n) is 3.85. The first kappa shape index (κ1) is 14.2. The van der Waals surface area contributed by atoms with E-state index in [1.54, 1.807) is 18.3 Å². The Morgan fingerprint density at radius 3 is 2.38 bits per heavy atom. The molecule has 0 aliphatic carbocycles. The summed E-state index contributed by atoms with van der Waals surface area (Å²) in [6.45, 7) is 0. The van der Waals surface area contributed by atoms with Crippen molar-refractivity contribution >= 4 is 0 Å². The van der Waals surface area contributed by atoms with Crippen LogP contribution in [-0.4, -0.2) is 19.9 Å². The average molecular weight is 313 g/mol. The van der Waals surface area contributed by atoms with Crippen molar-refractivity contribution in [2.75, 3.05) is 0 Å². The Bertz CT molecular complexity index is 906. The Morgan fingerprint density at radius 1 is 0.833 bits per heavy atom. The fourth-order valence-electron chi connectivity index (χ4n) is 2.69. The van der Waals surface area contributed by atoms with E-state index in [2.05, 4.69) is 4.98 Å². The highest BCUT2D eigenvalue weighted by Gasteiger charge is 2.14. The van der Waals surface area contributed by atoms with Crippen molar-refractivity contribution in [2.24, 2.45) is 0 Å². The lowest BCUT2D eigenvalue weighted by Crippen LogP contribution is -1.99. The Morgan fingerprint density at radius 2 is 1.62 bits per heavy atom. The molecule has 2 aromatic carbocycles.